The number of aromatic amines is 1. The van der Waals surface area contributed by atoms with Gasteiger partial charge in [0.15, 0.2) is 0 Å². The lowest BCUT2D eigenvalue weighted by Crippen LogP contribution is -2.44. The molecular formula is C25H24N4O3. The van der Waals surface area contributed by atoms with Gasteiger partial charge in [0, 0.05) is 29.8 Å². The quantitative estimate of drug-likeness (QED) is 0.590. The molecule has 2 fully saturated rings. The molecule has 162 valence electrons. The Morgan fingerprint density at radius 1 is 1.25 bits per heavy atom. The first kappa shape index (κ1) is 19.3. The average Bonchev–Trinajstić information content (AvgIpc) is 3.56. The van der Waals surface area contributed by atoms with Crippen molar-refractivity contribution in [2.45, 2.75) is 24.7 Å². The zero-order chi connectivity index (χ0) is 21.7. The second-order valence-electron chi connectivity index (χ2n) is 8.81. The molecule has 2 N–H and O–H groups in total. The second-order valence-corrected chi connectivity index (χ2v) is 8.81. The first-order valence-electron chi connectivity index (χ1n) is 11.0. The second kappa shape index (κ2) is 7.31. The predicted octanol–water partition coefficient (Wildman–Crippen LogP) is 2.20. The Balaban J connectivity index is 1.17. The summed E-state index contributed by atoms with van der Waals surface area (Å²) in [5.41, 5.74) is 2.39. The number of pyridine rings is 1. The molecule has 2 bridgehead atoms. The highest BCUT2D eigenvalue weighted by atomic mass is 16.5. The maximum absolute atomic E-state index is 13.4. The van der Waals surface area contributed by atoms with Crippen LogP contribution in [0.4, 0.5) is 0 Å². The van der Waals surface area contributed by atoms with Crippen LogP contribution >= 0.6 is 0 Å². The van der Waals surface area contributed by atoms with Crippen LogP contribution in [0.2, 0.25) is 0 Å². The highest BCUT2D eigenvalue weighted by molar-refractivity contribution is 5.93. The van der Waals surface area contributed by atoms with E-state index in [4.69, 9.17) is 4.74 Å². The van der Waals surface area contributed by atoms with Gasteiger partial charge in [0.2, 0.25) is 11.8 Å². The monoisotopic (exact) mass is 428 g/mol. The largest absolute Gasteiger partial charge is 0.361 e. The molecule has 4 atom stereocenters. The van der Waals surface area contributed by atoms with Crippen LogP contribution in [0, 0.1) is 11.8 Å². The highest BCUT2D eigenvalue weighted by Gasteiger charge is 2.66. The van der Waals surface area contributed by atoms with Gasteiger partial charge < -0.3 is 19.9 Å². The van der Waals surface area contributed by atoms with Gasteiger partial charge in [0.25, 0.3) is 0 Å². The Morgan fingerprint density at radius 2 is 2.12 bits per heavy atom. The van der Waals surface area contributed by atoms with Gasteiger partial charge in [-0.05, 0) is 30.2 Å². The Hall–Kier alpha value is -3.45. The topological polar surface area (TPSA) is 87.3 Å². The normalized spacial score (nSPS) is 27.9. The smallest absolute Gasteiger partial charge is 0.230 e. The van der Waals surface area contributed by atoms with E-state index in [1.165, 1.54) is 10.9 Å². The standard InChI is InChI=1S/C25H24N4O3/c30-23(28-14-17-5-3-4-11-26-17)21-20-8-10-25(32-20)15-29(24(31)22(21)25)12-9-16-13-27-19-7-2-1-6-18(16)19/h1-8,10-11,13,20-22,27H,9,12,14-15H2,(H,28,30)/t20?,21?,22?,25-/m1/s1. The van der Waals surface area contributed by atoms with Crippen LogP contribution in [0.1, 0.15) is 11.3 Å². The molecule has 5 heterocycles. The van der Waals surface area contributed by atoms with Gasteiger partial charge in [-0.25, -0.2) is 0 Å². The number of likely N-dealkylation sites (tertiary alicyclic amines) is 1. The van der Waals surface area contributed by atoms with Crippen LogP contribution in [0.15, 0.2) is 67.0 Å². The lowest BCUT2D eigenvalue weighted by Gasteiger charge is -2.23. The molecule has 7 heteroatoms. The maximum atomic E-state index is 13.4. The Bertz CT molecular complexity index is 1220. The minimum absolute atomic E-state index is 0.00896. The molecule has 0 radical (unpaired) electrons. The highest BCUT2D eigenvalue weighted by Crippen LogP contribution is 2.51. The van der Waals surface area contributed by atoms with Crippen LogP contribution in [-0.4, -0.2) is 51.5 Å². The molecule has 6 rings (SSSR count). The van der Waals surface area contributed by atoms with Crippen molar-refractivity contribution in [2.75, 3.05) is 13.1 Å². The van der Waals surface area contributed by atoms with Gasteiger partial charge in [-0.3, -0.25) is 14.6 Å². The lowest BCUT2D eigenvalue weighted by atomic mass is 9.77. The third-order valence-electron chi connectivity index (χ3n) is 6.98. The SMILES string of the molecule is O=C(NCc1ccccn1)C1C2C=C[C@]3(CN(CCc4c[nH]c5ccccc45)C(=O)C13)O2. The summed E-state index contributed by atoms with van der Waals surface area (Å²) in [4.78, 5) is 35.9. The van der Waals surface area contributed by atoms with Crippen LogP contribution < -0.4 is 5.32 Å². The van der Waals surface area contributed by atoms with Crippen LogP contribution in [0.5, 0.6) is 0 Å². The number of carbonyl (C=O) groups is 2. The van der Waals surface area contributed by atoms with E-state index < -0.39 is 17.4 Å². The fourth-order valence-electron chi connectivity index (χ4n) is 5.46. The van der Waals surface area contributed by atoms with Gasteiger partial charge in [-0.15, -0.1) is 0 Å². The van der Waals surface area contributed by atoms with Gasteiger partial charge in [0.05, 0.1) is 36.7 Å². The average molecular weight is 428 g/mol. The van der Waals surface area contributed by atoms with Crippen molar-refractivity contribution in [3.8, 4) is 0 Å². The van der Waals surface area contributed by atoms with Crippen molar-refractivity contribution in [3.63, 3.8) is 0 Å². The fourth-order valence-corrected chi connectivity index (χ4v) is 5.46. The van der Waals surface area contributed by atoms with E-state index in [2.05, 4.69) is 27.4 Å². The summed E-state index contributed by atoms with van der Waals surface area (Å²) in [7, 11) is 0. The predicted molar refractivity (Wildman–Crippen MR) is 118 cm³/mol. The Morgan fingerprint density at radius 3 is 3.00 bits per heavy atom. The zero-order valence-corrected chi connectivity index (χ0v) is 17.5. The summed E-state index contributed by atoms with van der Waals surface area (Å²) < 4.78 is 6.22. The van der Waals surface area contributed by atoms with Crippen molar-refractivity contribution in [2.24, 2.45) is 11.8 Å². The minimum Gasteiger partial charge on any atom is -0.361 e. The molecule has 2 amide bonds. The first-order valence-corrected chi connectivity index (χ1v) is 11.0. The van der Waals surface area contributed by atoms with E-state index in [1.54, 1.807) is 6.20 Å². The molecule has 3 aliphatic rings. The van der Waals surface area contributed by atoms with E-state index in [0.717, 1.165) is 17.6 Å². The molecule has 2 aromatic heterocycles. The molecule has 7 nitrogen and oxygen atoms in total. The van der Waals surface area contributed by atoms with E-state index >= 15 is 0 Å². The van der Waals surface area contributed by atoms with Gasteiger partial charge in [0.1, 0.15) is 5.60 Å². The summed E-state index contributed by atoms with van der Waals surface area (Å²) >= 11 is 0. The summed E-state index contributed by atoms with van der Waals surface area (Å²) in [6.45, 7) is 1.43. The number of benzene rings is 1. The first-order chi connectivity index (χ1) is 15.6. The number of ether oxygens (including phenoxy) is 1. The van der Waals surface area contributed by atoms with Gasteiger partial charge >= 0.3 is 0 Å². The van der Waals surface area contributed by atoms with Crippen molar-refractivity contribution in [1.82, 2.24) is 20.2 Å². The Labute approximate surface area is 185 Å². The molecule has 1 spiro atoms. The van der Waals surface area contributed by atoms with Crippen molar-refractivity contribution in [3.05, 3.63) is 78.3 Å². The molecule has 3 aliphatic heterocycles. The van der Waals surface area contributed by atoms with Crippen LogP contribution in [0.3, 0.4) is 0 Å². The molecule has 1 aromatic carbocycles. The molecule has 32 heavy (non-hydrogen) atoms. The number of carbonyl (C=O) groups excluding carboxylic acids is 2. The number of hydrogen-bond acceptors (Lipinski definition) is 4. The summed E-state index contributed by atoms with van der Waals surface area (Å²) in [5, 5.41) is 4.14. The van der Waals surface area contributed by atoms with Crippen LogP contribution in [0.25, 0.3) is 10.9 Å². The van der Waals surface area contributed by atoms with Gasteiger partial charge in [-0.1, -0.05) is 36.4 Å². The number of para-hydroxylation sites is 1. The number of aromatic nitrogens is 2. The van der Waals surface area contributed by atoms with Crippen molar-refractivity contribution < 1.29 is 14.3 Å². The number of fused-ring (bicyclic) bond motifs is 2. The molecule has 3 unspecified atom stereocenters. The number of nitrogens with one attached hydrogen (secondary N) is 2. The number of H-pyrrole nitrogens is 1. The van der Waals surface area contributed by atoms with Crippen molar-refractivity contribution in [1.29, 1.82) is 0 Å². The van der Waals surface area contributed by atoms with E-state index in [9.17, 15) is 9.59 Å². The fraction of sp³-hybridized carbons (Fsp3) is 0.320. The van der Waals surface area contributed by atoms with E-state index in [0.29, 0.717) is 19.6 Å². The zero-order valence-electron chi connectivity index (χ0n) is 17.5. The maximum Gasteiger partial charge on any atom is 0.230 e. The number of hydrogen-bond donors (Lipinski definition) is 2. The summed E-state index contributed by atoms with van der Waals surface area (Å²) in [5.74, 6) is -1.11. The molecule has 3 aromatic rings. The number of nitrogens with zero attached hydrogens (tertiary/aromatic N) is 2. The molecule has 0 saturated carbocycles. The minimum atomic E-state index is -0.686. The third-order valence-corrected chi connectivity index (χ3v) is 6.98. The molecule has 2 saturated heterocycles. The summed E-state index contributed by atoms with van der Waals surface area (Å²) in [6.07, 6.45) is 8.06. The number of rotatable bonds is 6. The molecule has 0 aliphatic carbocycles. The number of amides is 2. The van der Waals surface area contributed by atoms with Crippen molar-refractivity contribution >= 4 is 22.7 Å². The van der Waals surface area contributed by atoms with Gasteiger partial charge in [-0.2, -0.15) is 0 Å². The van der Waals surface area contributed by atoms with E-state index in [1.807, 2.05) is 53.6 Å². The lowest BCUT2D eigenvalue weighted by molar-refractivity contribution is -0.137. The van der Waals surface area contributed by atoms with Crippen LogP contribution in [-0.2, 0) is 27.3 Å². The Kier molecular flexibility index (Phi) is 4.40. The summed E-state index contributed by atoms with van der Waals surface area (Å²) in [6, 6.07) is 13.8. The van der Waals surface area contributed by atoms with E-state index in [-0.39, 0.29) is 17.9 Å². The molecular weight excluding hydrogens is 404 g/mol. The third kappa shape index (κ3) is 2.96.